The lowest BCUT2D eigenvalue weighted by atomic mass is 10.1. The third kappa shape index (κ3) is 4.05. The SMILES string of the molecule is Nc1ccc(NC(=O)Nc2ccc(Cl)cc2C(F)(F)F)cc1. The lowest BCUT2D eigenvalue weighted by Gasteiger charge is -2.14. The summed E-state index contributed by atoms with van der Waals surface area (Å²) in [6.45, 7) is 0. The van der Waals surface area contributed by atoms with Gasteiger partial charge in [-0.1, -0.05) is 11.6 Å². The van der Waals surface area contributed by atoms with Crippen molar-refractivity contribution in [1.29, 1.82) is 0 Å². The molecule has 0 aliphatic carbocycles. The minimum absolute atomic E-state index is 0.0724. The van der Waals surface area contributed by atoms with Crippen molar-refractivity contribution in [3.05, 3.63) is 53.1 Å². The number of amides is 2. The fraction of sp³-hybridized carbons (Fsp3) is 0.0714. The normalized spacial score (nSPS) is 11.1. The molecule has 0 fully saturated rings. The molecule has 0 atom stereocenters. The largest absolute Gasteiger partial charge is 0.418 e. The maximum atomic E-state index is 12.9. The molecule has 0 bridgehead atoms. The van der Waals surface area contributed by atoms with Crippen LogP contribution in [0.3, 0.4) is 0 Å². The average molecular weight is 330 g/mol. The fourth-order valence-corrected chi connectivity index (χ4v) is 1.88. The summed E-state index contributed by atoms with van der Waals surface area (Å²) in [5.41, 5.74) is 4.99. The lowest BCUT2D eigenvalue weighted by Crippen LogP contribution is -2.21. The number of nitrogens with one attached hydrogen (secondary N) is 2. The van der Waals surface area contributed by atoms with Crippen LogP contribution < -0.4 is 16.4 Å². The quantitative estimate of drug-likeness (QED) is 0.706. The van der Waals surface area contributed by atoms with E-state index in [1.54, 1.807) is 12.1 Å². The summed E-state index contributed by atoms with van der Waals surface area (Å²) in [6.07, 6.45) is -4.63. The minimum atomic E-state index is -4.63. The van der Waals surface area contributed by atoms with Gasteiger partial charge in [-0.15, -0.1) is 0 Å². The van der Waals surface area contributed by atoms with Crippen LogP contribution in [-0.4, -0.2) is 6.03 Å². The standard InChI is InChI=1S/C14H11ClF3N3O/c15-8-1-6-12(11(7-8)14(16,17)18)21-13(22)20-10-4-2-9(19)3-5-10/h1-7H,19H2,(H2,20,21,22). The van der Waals surface area contributed by atoms with E-state index in [9.17, 15) is 18.0 Å². The number of nitrogens with two attached hydrogens (primary N) is 1. The van der Waals surface area contributed by atoms with E-state index in [0.717, 1.165) is 12.1 Å². The summed E-state index contributed by atoms with van der Waals surface area (Å²) in [7, 11) is 0. The number of halogens is 4. The van der Waals surface area contributed by atoms with Gasteiger partial charge < -0.3 is 16.4 Å². The van der Waals surface area contributed by atoms with Gasteiger partial charge in [0.25, 0.3) is 0 Å². The average Bonchev–Trinajstić information content (AvgIpc) is 2.42. The van der Waals surface area contributed by atoms with E-state index in [4.69, 9.17) is 17.3 Å². The van der Waals surface area contributed by atoms with E-state index in [2.05, 4.69) is 10.6 Å². The number of carbonyl (C=O) groups excluding carboxylic acids is 1. The zero-order valence-corrected chi connectivity index (χ0v) is 11.8. The van der Waals surface area contributed by atoms with Crippen LogP contribution >= 0.6 is 11.6 Å². The number of hydrogen-bond donors (Lipinski definition) is 3. The van der Waals surface area contributed by atoms with Gasteiger partial charge in [-0.2, -0.15) is 13.2 Å². The van der Waals surface area contributed by atoms with Gasteiger partial charge >= 0.3 is 12.2 Å². The molecule has 0 aliphatic rings. The predicted molar refractivity (Wildman–Crippen MR) is 79.9 cm³/mol. The fourth-order valence-electron chi connectivity index (χ4n) is 1.71. The lowest BCUT2D eigenvalue weighted by molar-refractivity contribution is -0.136. The summed E-state index contributed by atoms with van der Waals surface area (Å²) in [5.74, 6) is 0. The molecule has 2 amide bonds. The van der Waals surface area contributed by atoms with E-state index in [1.807, 2.05) is 0 Å². The van der Waals surface area contributed by atoms with Crippen LogP contribution in [0.4, 0.5) is 35.0 Å². The van der Waals surface area contributed by atoms with E-state index < -0.39 is 17.8 Å². The van der Waals surface area contributed by atoms with Crippen LogP contribution in [0.2, 0.25) is 5.02 Å². The van der Waals surface area contributed by atoms with Gasteiger partial charge in [0.15, 0.2) is 0 Å². The Labute approximate surface area is 129 Å². The van der Waals surface area contributed by atoms with Crippen molar-refractivity contribution >= 4 is 34.7 Å². The summed E-state index contributed by atoms with van der Waals surface area (Å²) < 4.78 is 38.7. The molecule has 2 aromatic carbocycles. The number of anilines is 3. The van der Waals surface area contributed by atoms with E-state index in [-0.39, 0.29) is 10.7 Å². The Kier molecular flexibility index (Phi) is 4.46. The second-order valence-corrected chi connectivity index (χ2v) is 4.83. The summed E-state index contributed by atoms with van der Waals surface area (Å²) in [5, 5.41) is 4.48. The summed E-state index contributed by atoms with van der Waals surface area (Å²) in [4.78, 5) is 11.8. The zero-order valence-electron chi connectivity index (χ0n) is 11.0. The third-order valence-corrected chi connectivity index (χ3v) is 2.94. The van der Waals surface area contributed by atoms with Crippen molar-refractivity contribution in [2.75, 3.05) is 16.4 Å². The molecular formula is C14H11ClF3N3O. The molecule has 0 aliphatic heterocycles. The second kappa shape index (κ2) is 6.15. The smallest absolute Gasteiger partial charge is 0.399 e. The van der Waals surface area contributed by atoms with Gasteiger partial charge in [0.1, 0.15) is 0 Å². The number of rotatable bonds is 2. The molecular weight excluding hydrogens is 319 g/mol. The first-order valence-corrected chi connectivity index (χ1v) is 6.44. The Morgan fingerprint density at radius 1 is 1.05 bits per heavy atom. The van der Waals surface area contributed by atoms with E-state index in [1.165, 1.54) is 18.2 Å². The number of hydrogen-bond acceptors (Lipinski definition) is 2. The van der Waals surface area contributed by atoms with Crippen LogP contribution in [0.25, 0.3) is 0 Å². The topological polar surface area (TPSA) is 67.1 Å². The Morgan fingerprint density at radius 3 is 2.27 bits per heavy atom. The van der Waals surface area contributed by atoms with Crippen molar-refractivity contribution in [2.45, 2.75) is 6.18 Å². The Bertz CT molecular complexity index is 687. The van der Waals surface area contributed by atoms with Crippen LogP contribution in [0.1, 0.15) is 5.56 Å². The molecule has 2 rings (SSSR count). The zero-order chi connectivity index (χ0) is 16.3. The predicted octanol–water partition coefficient (Wildman–Crippen LogP) is 4.59. The first-order chi connectivity index (χ1) is 10.3. The molecule has 22 heavy (non-hydrogen) atoms. The maximum absolute atomic E-state index is 12.9. The highest BCUT2D eigenvalue weighted by atomic mass is 35.5. The molecule has 116 valence electrons. The molecule has 0 heterocycles. The monoisotopic (exact) mass is 329 g/mol. The number of benzene rings is 2. The van der Waals surface area contributed by atoms with Crippen LogP contribution in [0, 0.1) is 0 Å². The molecule has 4 nitrogen and oxygen atoms in total. The summed E-state index contributed by atoms with van der Waals surface area (Å²) in [6, 6.07) is 8.46. The number of alkyl halides is 3. The Morgan fingerprint density at radius 2 is 1.68 bits per heavy atom. The number of urea groups is 1. The van der Waals surface area contributed by atoms with Gasteiger partial charge in [0.05, 0.1) is 11.3 Å². The van der Waals surface area contributed by atoms with E-state index in [0.29, 0.717) is 11.4 Å². The maximum Gasteiger partial charge on any atom is 0.418 e. The van der Waals surface area contributed by atoms with Gasteiger partial charge in [0.2, 0.25) is 0 Å². The highest BCUT2D eigenvalue weighted by Gasteiger charge is 2.34. The third-order valence-electron chi connectivity index (χ3n) is 2.70. The van der Waals surface area contributed by atoms with Crippen LogP contribution in [0.5, 0.6) is 0 Å². The molecule has 0 aromatic heterocycles. The first-order valence-electron chi connectivity index (χ1n) is 6.06. The van der Waals surface area contributed by atoms with E-state index >= 15 is 0 Å². The van der Waals surface area contributed by atoms with Crippen LogP contribution in [0.15, 0.2) is 42.5 Å². The van der Waals surface area contributed by atoms with Gasteiger partial charge in [0, 0.05) is 16.4 Å². The molecule has 0 spiro atoms. The molecule has 8 heteroatoms. The highest BCUT2D eigenvalue weighted by molar-refractivity contribution is 6.30. The molecule has 0 saturated carbocycles. The van der Waals surface area contributed by atoms with Crippen molar-refractivity contribution in [2.24, 2.45) is 0 Å². The minimum Gasteiger partial charge on any atom is -0.399 e. The Hall–Kier alpha value is -2.41. The number of carbonyl (C=O) groups is 1. The van der Waals surface area contributed by atoms with Crippen LogP contribution in [-0.2, 0) is 6.18 Å². The first kappa shape index (κ1) is 16.0. The molecule has 0 radical (unpaired) electrons. The van der Waals surface area contributed by atoms with Crippen molar-refractivity contribution < 1.29 is 18.0 Å². The second-order valence-electron chi connectivity index (χ2n) is 4.39. The van der Waals surface area contributed by atoms with Crippen molar-refractivity contribution in [3.8, 4) is 0 Å². The summed E-state index contributed by atoms with van der Waals surface area (Å²) >= 11 is 5.56. The molecule has 0 saturated heterocycles. The van der Waals surface area contributed by atoms with Crippen molar-refractivity contribution in [1.82, 2.24) is 0 Å². The van der Waals surface area contributed by atoms with Gasteiger partial charge in [-0.05, 0) is 42.5 Å². The number of nitrogen functional groups attached to an aromatic ring is 1. The molecule has 2 aromatic rings. The molecule has 0 unspecified atom stereocenters. The highest BCUT2D eigenvalue weighted by Crippen LogP contribution is 2.36. The van der Waals surface area contributed by atoms with Crippen molar-refractivity contribution in [3.63, 3.8) is 0 Å². The molecule has 4 N–H and O–H groups in total. The van der Waals surface area contributed by atoms with Gasteiger partial charge in [-0.25, -0.2) is 4.79 Å². The Balaban J connectivity index is 2.16. The van der Waals surface area contributed by atoms with Gasteiger partial charge in [-0.3, -0.25) is 0 Å².